The maximum absolute atomic E-state index is 14.0. The minimum absolute atomic E-state index is 0.0136. The fourth-order valence-electron chi connectivity index (χ4n) is 4.23. The van der Waals surface area contributed by atoms with E-state index in [-0.39, 0.29) is 24.2 Å². The van der Waals surface area contributed by atoms with E-state index in [0.717, 1.165) is 48.5 Å². The fourth-order valence-corrected chi connectivity index (χ4v) is 4.23. The van der Waals surface area contributed by atoms with Gasteiger partial charge in [0, 0.05) is 24.1 Å². The Bertz CT molecular complexity index is 1100. The molecule has 34 heavy (non-hydrogen) atoms. The maximum Gasteiger partial charge on any atom is 0.223 e. The predicted octanol–water partition coefficient (Wildman–Crippen LogP) is 4.52. The largest absolute Gasteiger partial charge is 0.497 e. The van der Waals surface area contributed by atoms with E-state index in [2.05, 4.69) is 15.6 Å². The molecule has 1 aliphatic rings. The first-order valence-corrected chi connectivity index (χ1v) is 11.6. The van der Waals surface area contributed by atoms with E-state index in [1.165, 1.54) is 6.07 Å². The van der Waals surface area contributed by atoms with Crippen molar-refractivity contribution in [2.45, 2.75) is 25.3 Å². The summed E-state index contributed by atoms with van der Waals surface area (Å²) in [6, 6.07) is 17.5. The second-order valence-corrected chi connectivity index (χ2v) is 8.32. The number of ether oxygens (including phenoxy) is 2. The van der Waals surface area contributed by atoms with Crippen molar-refractivity contribution in [3.05, 3.63) is 78.4 Å². The lowest BCUT2D eigenvalue weighted by atomic mass is 9.94. The summed E-state index contributed by atoms with van der Waals surface area (Å²) in [6.07, 6.45) is 3.77. The number of nitrogens with one attached hydrogen (secondary N) is 2. The molecular formula is C27H30FN3O3. The van der Waals surface area contributed by atoms with Crippen LogP contribution in [0.15, 0.2) is 66.9 Å². The van der Waals surface area contributed by atoms with E-state index in [1.54, 1.807) is 31.5 Å². The van der Waals surface area contributed by atoms with Crippen LogP contribution in [0.1, 0.15) is 31.0 Å². The number of halogens is 1. The zero-order valence-electron chi connectivity index (χ0n) is 19.3. The van der Waals surface area contributed by atoms with Crippen LogP contribution < -0.4 is 20.1 Å². The number of hydrogen-bond acceptors (Lipinski definition) is 5. The first-order valence-electron chi connectivity index (χ1n) is 11.6. The van der Waals surface area contributed by atoms with Crippen LogP contribution in [0.25, 0.3) is 11.1 Å². The molecule has 178 valence electrons. The summed E-state index contributed by atoms with van der Waals surface area (Å²) in [6.45, 7) is 1.89. The lowest BCUT2D eigenvalue weighted by Gasteiger charge is -2.26. The summed E-state index contributed by atoms with van der Waals surface area (Å²) < 4.78 is 25.1. The van der Waals surface area contributed by atoms with Gasteiger partial charge in [-0.1, -0.05) is 30.3 Å². The van der Waals surface area contributed by atoms with E-state index in [1.807, 2.05) is 36.4 Å². The van der Waals surface area contributed by atoms with Crippen LogP contribution in [0, 0.1) is 11.7 Å². The van der Waals surface area contributed by atoms with Crippen LogP contribution in [-0.2, 0) is 4.79 Å². The van der Waals surface area contributed by atoms with Gasteiger partial charge in [0.1, 0.15) is 5.75 Å². The van der Waals surface area contributed by atoms with Crippen molar-refractivity contribution in [3.63, 3.8) is 0 Å². The van der Waals surface area contributed by atoms with Crippen molar-refractivity contribution in [1.29, 1.82) is 0 Å². The average molecular weight is 464 g/mol. The number of aromatic nitrogens is 1. The van der Waals surface area contributed by atoms with Crippen LogP contribution in [0.5, 0.6) is 11.5 Å². The Labute approximate surface area is 199 Å². The molecule has 1 aliphatic heterocycles. The normalized spacial score (nSPS) is 14.9. The van der Waals surface area contributed by atoms with Gasteiger partial charge in [-0.05, 0) is 61.8 Å². The third kappa shape index (κ3) is 5.91. The zero-order chi connectivity index (χ0) is 23.8. The number of benzene rings is 2. The molecule has 2 N–H and O–H groups in total. The molecule has 1 fully saturated rings. The molecule has 1 unspecified atom stereocenters. The van der Waals surface area contributed by atoms with Gasteiger partial charge in [-0.2, -0.15) is 0 Å². The van der Waals surface area contributed by atoms with Gasteiger partial charge >= 0.3 is 0 Å². The lowest BCUT2D eigenvalue weighted by molar-refractivity contribution is -0.126. The zero-order valence-corrected chi connectivity index (χ0v) is 19.3. The van der Waals surface area contributed by atoms with Crippen molar-refractivity contribution in [3.8, 4) is 22.6 Å². The molecule has 3 aromatic rings. The third-order valence-corrected chi connectivity index (χ3v) is 6.08. The molecule has 1 atom stereocenters. The Hall–Kier alpha value is -3.45. The molecular weight excluding hydrogens is 433 g/mol. The van der Waals surface area contributed by atoms with Gasteiger partial charge in [0.25, 0.3) is 0 Å². The van der Waals surface area contributed by atoms with E-state index < -0.39 is 11.9 Å². The second kappa shape index (κ2) is 11.6. The summed E-state index contributed by atoms with van der Waals surface area (Å²) >= 11 is 0. The Morgan fingerprint density at radius 3 is 2.76 bits per heavy atom. The van der Waals surface area contributed by atoms with E-state index >= 15 is 0 Å². The van der Waals surface area contributed by atoms with Gasteiger partial charge in [-0.15, -0.1) is 0 Å². The number of piperidine rings is 1. The molecule has 1 aromatic heterocycles. The molecule has 4 rings (SSSR count). The monoisotopic (exact) mass is 463 g/mol. The molecule has 7 heteroatoms. The molecule has 0 spiro atoms. The second-order valence-electron chi connectivity index (χ2n) is 8.32. The fraction of sp³-hybridized carbons (Fsp3) is 0.333. The number of carbonyl (C=O) groups excluding carboxylic acids is 1. The van der Waals surface area contributed by atoms with E-state index in [0.29, 0.717) is 6.42 Å². The third-order valence-electron chi connectivity index (χ3n) is 6.08. The SMILES string of the molecule is COc1cccc(-c2cccnc2C(CCOc2ccccc2F)NC(=O)C2CCNCC2)c1. The standard InChI is InChI=1S/C27H30FN3O3/c1-33-21-7-4-6-20(18-21)22-8-5-14-30-26(22)24(31-27(32)19-11-15-29-16-12-19)13-17-34-25-10-3-2-9-23(25)28/h2-10,14,18-19,24,29H,11-13,15-17H2,1H3,(H,31,32). The van der Waals surface area contributed by atoms with Crippen molar-refractivity contribution >= 4 is 5.91 Å². The van der Waals surface area contributed by atoms with Crippen LogP contribution in [0.4, 0.5) is 4.39 Å². The maximum atomic E-state index is 14.0. The minimum Gasteiger partial charge on any atom is -0.497 e. The molecule has 0 bridgehead atoms. The van der Waals surface area contributed by atoms with Gasteiger partial charge < -0.3 is 20.1 Å². The highest BCUT2D eigenvalue weighted by Gasteiger charge is 2.26. The predicted molar refractivity (Wildman–Crippen MR) is 129 cm³/mol. The number of pyridine rings is 1. The number of amides is 1. The molecule has 0 saturated carbocycles. The number of para-hydroxylation sites is 1. The quantitative estimate of drug-likeness (QED) is 0.488. The summed E-state index contributed by atoms with van der Waals surface area (Å²) in [4.78, 5) is 17.8. The van der Waals surface area contributed by atoms with Crippen LogP contribution in [0.3, 0.4) is 0 Å². The van der Waals surface area contributed by atoms with Gasteiger partial charge in [-0.25, -0.2) is 4.39 Å². The van der Waals surface area contributed by atoms with Gasteiger partial charge in [0.2, 0.25) is 5.91 Å². The first kappa shape index (κ1) is 23.7. The van der Waals surface area contributed by atoms with Gasteiger partial charge in [0.15, 0.2) is 11.6 Å². The summed E-state index contributed by atoms with van der Waals surface area (Å²) in [7, 11) is 1.63. The lowest BCUT2D eigenvalue weighted by Crippen LogP contribution is -2.40. The summed E-state index contributed by atoms with van der Waals surface area (Å²) in [5.74, 6) is 0.498. The molecule has 1 saturated heterocycles. The summed E-state index contributed by atoms with van der Waals surface area (Å²) in [5, 5.41) is 6.50. The highest BCUT2D eigenvalue weighted by Crippen LogP contribution is 2.31. The minimum atomic E-state index is -0.410. The molecule has 2 heterocycles. The smallest absolute Gasteiger partial charge is 0.223 e. The van der Waals surface area contributed by atoms with E-state index in [9.17, 15) is 9.18 Å². The Kier molecular flexibility index (Phi) is 8.09. The van der Waals surface area contributed by atoms with Crippen LogP contribution >= 0.6 is 0 Å². The van der Waals surface area contributed by atoms with Crippen molar-refractivity contribution < 1.29 is 18.7 Å². The van der Waals surface area contributed by atoms with Crippen molar-refractivity contribution in [1.82, 2.24) is 15.6 Å². The molecule has 1 amide bonds. The number of hydrogen-bond donors (Lipinski definition) is 2. The highest BCUT2D eigenvalue weighted by atomic mass is 19.1. The Morgan fingerprint density at radius 1 is 1.15 bits per heavy atom. The topological polar surface area (TPSA) is 72.5 Å². The molecule has 6 nitrogen and oxygen atoms in total. The van der Waals surface area contributed by atoms with Gasteiger partial charge in [-0.3, -0.25) is 9.78 Å². The van der Waals surface area contributed by atoms with Crippen LogP contribution in [0.2, 0.25) is 0 Å². The first-order chi connectivity index (χ1) is 16.7. The molecule has 0 aliphatic carbocycles. The molecule has 0 radical (unpaired) electrons. The number of nitrogens with zero attached hydrogens (tertiary/aromatic N) is 1. The van der Waals surface area contributed by atoms with Crippen molar-refractivity contribution in [2.24, 2.45) is 5.92 Å². The van der Waals surface area contributed by atoms with Crippen LogP contribution in [-0.4, -0.2) is 37.7 Å². The number of carbonyl (C=O) groups is 1. The van der Waals surface area contributed by atoms with Crippen molar-refractivity contribution in [2.75, 3.05) is 26.8 Å². The highest BCUT2D eigenvalue weighted by molar-refractivity contribution is 5.79. The van der Waals surface area contributed by atoms with Gasteiger partial charge in [0.05, 0.1) is 25.5 Å². The summed E-state index contributed by atoms with van der Waals surface area (Å²) in [5.41, 5.74) is 2.59. The average Bonchev–Trinajstić information content (AvgIpc) is 2.89. The molecule has 2 aromatic carbocycles. The van der Waals surface area contributed by atoms with E-state index in [4.69, 9.17) is 9.47 Å². The number of methoxy groups -OCH3 is 1. The Balaban J connectivity index is 1.59. The number of rotatable bonds is 9. The Morgan fingerprint density at radius 2 is 1.97 bits per heavy atom.